The highest BCUT2D eigenvalue weighted by Crippen LogP contribution is 2.30. The van der Waals surface area contributed by atoms with Gasteiger partial charge < -0.3 is 4.42 Å². The Bertz CT molecular complexity index is 851. The van der Waals surface area contributed by atoms with Crippen molar-refractivity contribution in [2.75, 3.05) is 0 Å². The Labute approximate surface area is 116 Å². The topological polar surface area (TPSA) is 43.1 Å². The van der Waals surface area contributed by atoms with Crippen LogP contribution in [0.3, 0.4) is 0 Å². The molecule has 1 heterocycles. The fourth-order valence-electron chi connectivity index (χ4n) is 1.94. The minimum absolute atomic E-state index is 0.00701. The minimum Gasteiger partial charge on any atom is -0.437 e. The van der Waals surface area contributed by atoms with Gasteiger partial charge in [-0.1, -0.05) is 12.1 Å². The summed E-state index contributed by atoms with van der Waals surface area (Å²) in [6, 6.07) is 10.8. The summed E-state index contributed by atoms with van der Waals surface area (Å²) in [6.45, 7) is 0. The fraction of sp³-hybridized carbons (Fsp3) is 0.0667. The van der Waals surface area contributed by atoms with Gasteiger partial charge in [0.25, 0.3) is 5.56 Å². The number of halogens is 3. The monoisotopic (exact) mass is 291 g/mol. The molecule has 0 fully saturated rings. The molecule has 0 bridgehead atoms. The molecular formula is C15H8F3NO2. The summed E-state index contributed by atoms with van der Waals surface area (Å²) in [5, 5.41) is 0.327. The Morgan fingerprint density at radius 2 is 1.62 bits per heavy atom. The summed E-state index contributed by atoms with van der Waals surface area (Å²) in [5.41, 5.74) is -0.598. The molecule has 0 atom stereocenters. The molecule has 0 aliphatic carbocycles. The van der Waals surface area contributed by atoms with Crippen molar-refractivity contribution in [1.29, 1.82) is 0 Å². The van der Waals surface area contributed by atoms with E-state index in [1.807, 2.05) is 0 Å². The highest BCUT2D eigenvalue weighted by molar-refractivity contribution is 5.76. The SMILES string of the molecule is O=c1nc(-c2ccc(C(F)(F)F)cc2)oc2ccccc12. The van der Waals surface area contributed by atoms with Gasteiger partial charge in [-0.05, 0) is 36.4 Å². The van der Waals surface area contributed by atoms with Crippen molar-refractivity contribution in [3.05, 3.63) is 64.4 Å². The van der Waals surface area contributed by atoms with Gasteiger partial charge in [0.15, 0.2) is 0 Å². The number of fused-ring (bicyclic) bond motifs is 1. The van der Waals surface area contributed by atoms with Crippen molar-refractivity contribution >= 4 is 11.0 Å². The van der Waals surface area contributed by atoms with E-state index in [1.54, 1.807) is 24.3 Å². The lowest BCUT2D eigenvalue weighted by atomic mass is 10.1. The first kappa shape index (κ1) is 13.4. The highest BCUT2D eigenvalue weighted by atomic mass is 19.4. The zero-order valence-electron chi connectivity index (χ0n) is 10.5. The lowest BCUT2D eigenvalue weighted by Gasteiger charge is -2.07. The summed E-state index contributed by atoms with van der Waals surface area (Å²) in [7, 11) is 0. The van der Waals surface area contributed by atoms with Gasteiger partial charge in [0.2, 0.25) is 5.89 Å². The Morgan fingerprint density at radius 3 is 2.29 bits per heavy atom. The fourth-order valence-corrected chi connectivity index (χ4v) is 1.94. The van der Waals surface area contributed by atoms with Crippen LogP contribution in [0.15, 0.2) is 57.7 Å². The second-order valence-corrected chi connectivity index (χ2v) is 4.40. The predicted octanol–water partition coefficient (Wildman–Crippen LogP) is 3.87. The predicted molar refractivity (Wildman–Crippen MR) is 70.7 cm³/mol. The molecule has 0 N–H and O–H groups in total. The normalized spacial score (nSPS) is 11.8. The van der Waals surface area contributed by atoms with Crippen molar-refractivity contribution in [1.82, 2.24) is 4.98 Å². The number of nitrogens with zero attached hydrogens (tertiary/aromatic N) is 1. The van der Waals surface area contributed by atoms with Gasteiger partial charge in [-0.15, -0.1) is 0 Å². The highest BCUT2D eigenvalue weighted by Gasteiger charge is 2.30. The molecule has 2 aromatic carbocycles. The molecule has 3 aromatic rings. The quantitative estimate of drug-likeness (QED) is 0.683. The number of rotatable bonds is 1. The molecule has 21 heavy (non-hydrogen) atoms. The third-order valence-electron chi connectivity index (χ3n) is 2.99. The van der Waals surface area contributed by atoms with Gasteiger partial charge in [-0.2, -0.15) is 18.2 Å². The second-order valence-electron chi connectivity index (χ2n) is 4.40. The van der Waals surface area contributed by atoms with E-state index in [-0.39, 0.29) is 5.89 Å². The molecule has 1 aromatic heterocycles. The van der Waals surface area contributed by atoms with Crippen molar-refractivity contribution in [2.24, 2.45) is 0 Å². The van der Waals surface area contributed by atoms with E-state index < -0.39 is 17.3 Å². The van der Waals surface area contributed by atoms with Gasteiger partial charge in [-0.3, -0.25) is 4.79 Å². The van der Waals surface area contributed by atoms with E-state index in [0.717, 1.165) is 12.1 Å². The van der Waals surface area contributed by atoms with Gasteiger partial charge in [0, 0.05) is 5.56 Å². The number of benzene rings is 2. The Hall–Kier alpha value is -2.63. The summed E-state index contributed by atoms with van der Waals surface area (Å²) in [5.74, 6) is -0.00701. The van der Waals surface area contributed by atoms with Crippen LogP contribution in [0.1, 0.15) is 5.56 Å². The van der Waals surface area contributed by atoms with E-state index in [0.29, 0.717) is 16.5 Å². The van der Waals surface area contributed by atoms with Crippen molar-refractivity contribution in [3.8, 4) is 11.5 Å². The van der Waals surface area contributed by atoms with Crippen LogP contribution < -0.4 is 5.56 Å². The van der Waals surface area contributed by atoms with Gasteiger partial charge >= 0.3 is 6.18 Å². The minimum atomic E-state index is -4.41. The van der Waals surface area contributed by atoms with Crippen LogP contribution in [0.25, 0.3) is 22.4 Å². The van der Waals surface area contributed by atoms with Gasteiger partial charge in [0.05, 0.1) is 10.9 Å². The molecule has 106 valence electrons. The Kier molecular flexibility index (Phi) is 3.01. The lowest BCUT2D eigenvalue weighted by molar-refractivity contribution is -0.137. The zero-order chi connectivity index (χ0) is 15.0. The molecular weight excluding hydrogens is 283 g/mol. The van der Waals surface area contributed by atoms with Crippen molar-refractivity contribution in [3.63, 3.8) is 0 Å². The van der Waals surface area contributed by atoms with Gasteiger partial charge in [0.1, 0.15) is 5.58 Å². The Morgan fingerprint density at radius 1 is 0.952 bits per heavy atom. The third-order valence-corrected chi connectivity index (χ3v) is 2.99. The zero-order valence-corrected chi connectivity index (χ0v) is 10.5. The van der Waals surface area contributed by atoms with E-state index in [9.17, 15) is 18.0 Å². The van der Waals surface area contributed by atoms with Crippen LogP contribution in [0, 0.1) is 0 Å². The van der Waals surface area contributed by atoms with Crippen LogP contribution in [-0.4, -0.2) is 4.98 Å². The molecule has 0 radical (unpaired) electrons. The maximum absolute atomic E-state index is 12.5. The largest absolute Gasteiger partial charge is 0.437 e. The molecule has 6 heteroatoms. The molecule has 0 spiro atoms. The summed E-state index contributed by atoms with van der Waals surface area (Å²) in [6.07, 6.45) is -4.41. The standard InChI is InChI=1S/C15H8F3NO2/c16-15(17,18)10-7-5-9(6-8-10)14-19-13(20)11-3-1-2-4-12(11)21-14/h1-8H. The number of para-hydroxylation sites is 1. The number of hydrogen-bond donors (Lipinski definition) is 0. The van der Waals surface area contributed by atoms with Gasteiger partial charge in [-0.25, -0.2) is 0 Å². The molecule has 0 amide bonds. The smallest absolute Gasteiger partial charge is 0.416 e. The second kappa shape index (κ2) is 4.73. The molecule has 0 aliphatic heterocycles. The number of hydrogen-bond acceptors (Lipinski definition) is 3. The first-order valence-corrected chi connectivity index (χ1v) is 6.03. The molecule has 0 unspecified atom stereocenters. The molecule has 0 saturated carbocycles. The summed E-state index contributed by atoms with van der Waals surface area (Å²) >= 11 is 0. The van der Waals surface area contributed by atoms with Crippen LogP contribution in [-0.2, 0) is 6.18 Å². The van der Waals surface area contributed by atoms with E-state index >= 15 is 0 Å². The molecule has 3 nitrogen and oxygen atoms in total. The maximum Gasteiger partial charge on any atom is 0.416 e. The maximum atomic E-state index is 12.5. The molecule has 0 aliphatic rings. The number of alkyl halides is 3. The Balaban J connectivity index is 2.10. The summed E-state index contributed by atoms with van der Waals surface area (Å²) in [4.78, 5) is 15.6. The number of aromatic nitrogens is 1. The first-order chi connectivity index (χ1) is 9.95. The van der Waals surface area contributed by atoms with E-state index in [1.165, 1.54) is 12.1 Å². The van der Waals surface area contributed by atoms with Crippen LogP contribution in [0.4, 0.5) is 13.2 Å². The van der Waals surface area contributed by atoms with Crippen LogP contribution in [0.5, 0.6) is 0 Å². The summed E-state index contributed by atoms with van der Waals surface area (Å²) < 4.78 is 43.0. The third kappa shape index (κ3) is 2.52. The first-order valence-electron chi connectivity index (χ1n) is 6.03. The lowest BCUT2D eigenvalue weighted by Crippen LogP contribution is -2.07. The molecule has 0 saturated heterocycles. The van der Waals surface area contributed by atoms with E-state index in [2.05, 4.69) is 4.98 Å². The van der Waals surface area contributed by atoms with Crippen LogP contribution in [0.2, 0.25) is 0 Å². The average Bonchev–Trinajstić information content (AvgIpc) is 2.46. The van der Waals surface area contributed by atoms with Crippen molar-refractivity contribution in [2.45, 2.75) is 6.18 Å². The van der Waals surface area contributed by atoms with Crippen LogP contribution >= 0.6 is 0 Å². The van der Waals surface area contributed by atoms with Crippen molar-refractivity contribution < 1.29 is 17.6 Å². The molecule has 3 rings (SSSR count). The van der Waals surface area contributed by atoms with E-state index in [4.69, 9.17) is 4.42 Å². The average molecular weight is 291 g/mol.